The number of nitrogens with two attached hydrogens (primary N) is 1. The minimum absolute atomic E-state index is 0.0530. The highest BCUT2D eigenvalue weighted by Gasteiger charge is 2.20. The zero-order valence-corrected chi connectivity index (χ0v) is 9.78. The molecule has 0 saturated carbocycles. The smallest absolute Gasteiger partial charge is 0.152 e. The lowest BCUT2D eigenvalue weighted by Crippen LogP contribution is -2.44. The maximum Gasteiger partial charge on any atom is 0.152 e. The van der Waals surface area contributed by atoms with Crippen LogP contribution in [0.4, 0.5) is 11.5 Å². The topological polar surface area (TPSA) is 67.1 Å². The van der Waals surface area contributed by atoms with Gasteiger partial charge in [0.2, 0.25) is 0 Å². The summed E-state index contributed by atoms with van der Waals surface area (Å²) in [5.74, 6) is 0.694. The first-order valence-electron chi connectivity index (χ1n) is 4.90. The second kappa shape index (κ2) is 4.44. The summed E-state index contributed by atoms with van der Waals surface area (Å²) in [5, 5.41) is 3.22. The molecule has 0 saturated heterocycles. The Labute approximate surface area is 90.7 Å². The van der Waals surface area contributed by atoms with Crippen LogP contribution in [0.2, 0.25) is 0 Å². The summed E-state index contributed by atoms with van der Waals surface area (Å²) in [6.45, 7) is 5.08. The van der Waals surface area contributed by atoms with Crippen molar-refractivity contribution in [3.63, 3.8) is 0 Å². The molecule has 1 aromatic heterocycles. The lowest BCUT2D eigenvalue weighted by molar-refractivity contribution is 0.210. The fraction of sp³-hybridized carbons (Fsp3) is 0.600. The monoisotopic (exact) mass is 209 g/mol. The lowest BCUT2D eigenvalue weighted by atomic mass is 10.0. The summed E-state index contributed by atoms with van der Waals surface area (Å²) >= 11 is 0. The van der Waals surface area contributed by atoms with Crippen LogP contribution in [0.15, 0.2) is 12.5 Å². The molecule has 0 bridgehead atoms. The van der Waals surface area contributed by atoms with Crippen molar-refractivity contribution in [2.45, 2.75) is 19.4 Å². The molecule has 1 heterocycles. The fourth-order valence-electron chi connectivity index (χ4n) is 0.946. The molecule has 0 spiro atoms. The molecular weight excluding hydrogens is 190 g/mol. The average molecular weight is 209 g/mol. The van der Waals surface area contributed by atoms with Crippen LogP contribution in [0.5, 0.6) is 0 Å². The summed E-state index contributed by atoms with van der Waals surface area (Å²) in [6, 6.07) is 0. The number of nitrogens with one attached hydrogen (secondary N) is 1. The van der Waals surface area contributed by atoms with Gasteiger partial charge < -0.3 is 16.0 Å². The maximum atomic E-state index is 5.72. The van der Waals surface area contributed by atoms with Crippen molar-refractivity contribution in [2.24, 2.45) is 0 Å². The molecule has 5 nitrogen and oxygen atoms in total. The summed E-state index contributed by atoms with van der Waals surface area (Å²) in [4.78, 5) is 10.1. The van der Waals surface area contributed by atoms with E-state index in [0.29, 0.717) is 11.5 Å². The highest BCUT2D eigenvalue weighted by Crippen LogP contribution is 2.15. The zero-order valence-electron chi connectivity index (χ0n) is 9.78. The van der Waals surface area contributed by atoms with Gasteiger partial charge in [0.05, 0.1) is 11.9 Å². The van der Waals surface area contributed by atoms with Crippen molar-refractivity contribution in [3.05, 3.63) is 12.5 Å². The molecule has 0 aromatic carbocycles. The van der Waals surface area contributed by atoms with Crippen LogP contribution < -0.4 is 11.1 Å². The Bertz CT molecular complexity index is 321. The molecule has 5 heteroatoms. The van der Waals surface area contributed by atoms with Gasteiger partial charge in [0.15, 0.2) is 5.82 Å². The number of hydrogen-bond donors (Lipinski definition) is 2. The van der Waals surface area contributed by atoms with Gasteiger partial charge in [-0.25, -0.2) is 9.97 Å². The molecule has 0 unspecified atom stereocenters. The molecular formula is C10H19N5. The second-order valence-electron chi connectivity index (χ2n) is 4.39. The molecule has 1 rings (SSSR count). The summed E-state index contributed by atoms with van der Waals surface area (Å²) < 4.78 is 0. The van der Waals surface area contributed by atoms with Gasteiger partial charge in [-0.1, -0.05) is 0 Å². The SMILES string of the molecule is CN(C)C(C)(C)CNc1ncncc1N. The predicted octanol–water partition coefficient (Wildman–Crippen LogP) is 0.811. The molecule has 3 N–H and O–H groups in total. The van der Waals surface area contributed by atoms with Crippen LogP contribution in [-0.4, -0.2) is 41.0 Å². The van der Waals surface area contributed by atoms with Gasteiger partial charge >= 0.3 is 0 Å². The average Bonchev–Trinajstić information content (AvgIpc) is 2.16. The van der Waals surface area contributed by atoms with E-state index in [-0.39, 0.29) is 5.54 Å². The van der Waals surface area contributed by atoms with Crippen molar-refractivity contribution in [1.82, 2.24) is 14.9 Å². The molecule has 0 fully saturated rings. The van der Waals surface area contributed by atoms with E-state index in [2.05, 4.69) is 34.0 Å². The van der Waals surface area contributed by atoms with E-state index in [1.54, 1.807) is 6.20 Å². The molecule has 84 valence electrons. The molecule has 0 amide bonds. The number of nitrogens with zero attached hydrogens (tertiary/aromatic N) is 3. The van der Waals surface area contributed by atoms with Gasteiger partial charge in [0.25, 0.3) is 0 Å². The van der Waals surface area contributed by atoms with Crippen LogP contribution in [-0.2, 0) is 0 Å². The maximum absolute atomic E-state index is 5.72. The first-order valence-corrected chi connectivity index (χ1v) is 4.90. The summed E-state index contributed by atoms with van der Waals surface area (Å²) in [7, 11) is 4.09. The first-order chi connectivity index (χ1) is 6.93. The molecule has 15 heavy (non-hydrogen) atoms. The zero-order chi connectivity index (χ0) is 11.5. The van der Waals surface area contributed by atoms with E-state index in [1.165, 1.54) is 6.33 Å². The van der Waals surface area contributed by atoms with Crippen LogP contribution in [0.1, 0.15) is 13.8 Å². The molecule has 0 aliphatic heterocycles. The van der Waals surface area contributed by atoms with E-state index in [4.69, 9.17) is 5.73 Å². The van der Waals surface area contributed by atoms with Crippen LogP contribution >= 0.6 is 0 Å². The quantitative estimate of drug-likeness (QED) is 0.768. The largest absolute Gasteiger partial charge is 0.394 e. The minimum Gasteiger partial charge on any atom is -0.394 e. The number of aromatic nitrogens is 2. The Balaban J connectivity index is 2.62. The third-order valence-corrected chi connectivity index (χ3v) is 2.64. The number of hydrogen-bond acceptors (Lipinski definition) is 5. The molecule has 0 aliphatic rings. The third-order valence-electron chi connectivity index (χ3n) is 2.64. The minimum atomic E-state index is 0.0530. The lowest BCUT2D eigenvalue weighted by Gasteiger charge is -2.32. The summed E-state index contributed by atoms with van der Waals surface area (Å²) in [6.07, 6.45) is 3.08. The van der Waals surface area contributed by atoms with Crippen molar-refractivity contribution in [3.8, 4) is 0 Å². The van der Waals surface area contributed by atoms with Gasteiger partial charge in [0, 0.05) is 12.1 Å². The molecule has 1 aromatic rings. The Hall–Kier alpha value is -1.36. The summed E-state index contributed by atoms with van der Waals surface area (Å²) in [5.41, 5.74) is 6.35. The normalized spacial score (nSPS) is 11.8. The van der Waals surface area contributed by atoms with Gasteiger partial charge in [-0.05, 0) is 27.9 Å². The Morgan fingerprint density at radius 2 is 2.13 bits per heavy atom. The first kappa shape index (κ1) is 11.7. The molecule has 0 aliphatic carbocycles. The van der Waals surface area contributed by atoms with Gasteiger partial charge in [-0.2, -0.15) is 0 Å². The highest BCUT2D eigenvalue weighted by molar-refractivity contribution is 5.59. The van der Waals surface area contributed by atoms with Crippen molar-refractivity contribution in [1.29, 1.82) is 0 Å². The molecule has 0 radical (unpaired) electrons. The van der Waals surface area contributed by atoms with E-state index >= 15 is 0 Å². The second-order valence-corrected chi connectivity index (χ2v) is 4.39. The highest BCUT2D eigenvalue weighted by atomic mass is 15.2. The fourth-order valence-corrected chi connectivity index (χ4v) is 0.946. The van der Waals surface area contributed by atoms with Crippen molar-refractivity contribution >= 4 is 11.5 Å². The number of rotatable bonds is 4. The standard InChI is InChI=1S/C10H19N5/c1-10(2,15(3)4)6-13-9-8(11)5-12-7-14-9/h5,7H,6,11H2,1-4H3,(H,12,13,14). The van der Waals surface area contributed by atoms with Gasteiger partial charge in [-0.15, -0.1) is 0 Å². The Morgan fingerprint density at radius 3 is 2.67 bits per heavy atom. The number of nitrogen functional groups attached to an aromatic ring is 1. The predicted molar refractivity (Wildman–Crippen MR) is 62.7 cm³/mol. The van der Waals surface area contributed by atoms with Crippen molar-refractivity contribution in [2.75, 3.05) is 31.7 Å². The molecule has 0 atom stereocenters. The van der Waals surface area contributed by atoms with Gasteiger partial charge in [-0.3, -0.25) is 0 Å². The van der Waals surface area contributed by atoms with Crippen LogP contribution in [0.25, 0.3) is 0 Å². The van der Waals surface area contributed by atoms with E-state index in [1.807, 2.05) is 14.1 Å². The Kier molecular flexibility index (Phi) is 3.47. The van der Waals surface area contributed by atoms with E-state index < -0.39 is 0 Å². The van der Waals surface area contributed by atoms with Crippen molar-refractivity contribution < 1.29 is 0 Å². The third kappa shape index (κ3) is 3.06. The number of likely N-dealkylation sites (N-methyl/N-ethyl adjacent to an activating group) is 1. The van der Waals surface area contributed by atoms with E-state index in [0.717, 1.165) is 6.54 Å². The Morgan fingerprint density at radius 1 is 1.47 bits per heavy atom. The number of anilines is 2. The van der Waals surface area contributed by atoms with Gasteiger partial charge in [0.1, 0.15) is 6.33 Å². The van der Waals surface area contributed by atoms with Crippen LogP contribution in [0, 0.1) is 0 Å². The van der Waals surface area contributed by atoms with E-state index in [9.17, 15) is 0 Å². The van der Waals surface area contributed by atoms with Crippen LogP contribution in [0.3, 0.4) is 0 Å².